The fourth-order valence-corrected chi connectivity index (χ4v) is 2.41. The van der Waals surface area contributed by atoms with Crippen LogP contribution in [-0.4, -0.2) is 26.5 Å². The molecule has 5 nitrogen and oxygen atoms in total. The number of imidazole rings is 1. The van der Waals surface area contributed by atoms with Gasteiger partial charge in [0.1, 0.15) is 0 Å². The van der Waals surface area contributed by atoms with Crippen LogP contribution in [0.1, 0.15) is 11.9 Å². The van der Waals surface area contributed by atoms with Crippen molar-refractivity contribution in [3.05, 3.63) is 23.3 Å². The summed E-state index contributed by atoms with van der Waals surface area (Å²) in [7, 11) is 0. The zero-order chi connectivity index (χ0) is 12.5. The predicted octanol–water partition coefficient (Wildman–Crippen LogP) is 2.79. The molecular formula is C12H12N4OS. The van der Waals surface area contributed by atoms with Crippen molar-refractivity contribution in [3.8, 4) is 16.6 Å². The monoisotopic (exact) mass is 260 g/mol. The topological polar surface area (TPSA) is 63.7 Å². The lowest BCUT2D eigenvalue weighted by Gasteiger charge is -1.99. The third kappa shape index (κ3) is 1.95. The van der Waals surface area contributed by atoms with Gasteiger partial charge in [0, 0.05) is 12.3 Å². The number of fused-ring (bicyclic) bond motifs is 1. The maximum Gasteiger partial charge on any atom is 0.215 e. The summed E-state index contributed by atoms with van der Waals surface area (Å²) in [6, 6.07) is 3.77. The summed E-state index contributed by atoms with van der Waals surface area (Å²) in [5, 5.41) is 1.02. The highest BCUT2D eigenvalue weighted by Gasteiger charge is 2.09. The molecule has 3 aromatic rings. The molecule has 0 unspecified atom stereocenters. The van der Waals surface area contributed by atoms with E-state index in [9.17, 15) is 0 Å². The van der Waals surface area contributed by atoms with Crippen molar-refractivity contribution in [1.29, 1.82) is 0 Å². The molecule has 0 radical (unpaired) electrons. The molecule has 0 spiro atoms. The Hall–Kier alpha value is -1.95. The highest BCUT2D eigenvalue weighted by molar-refractivity contribution is 7.14. The molecule has 0 aliphatic heterocycles. The molecule has 3 heterocycles. The first-order valence-electron chi connectivity index (χ1n) is 5.68. The van der Waals surface area contributed by atoms with Gasteiger partial charge in [-0.1, -0.05) is 0 Å². The maximum atomic E-state index is 5.36. The fourth-order valence-electron chi connectivity index (χ4n) is 1.69. The number of pyridine rings is 1. The number of H-pyrrole nitrogens is 1. The van der Waals surface area contributed by atoms with E-state index in [2.05, 4.69) is 19.9 Å². The van der Waals surface area contributed by atoms with Crippen LogP contribution in [0.3, 0.4) is 0 Å². The SMILES string of the molecule is CCOc1ccc2[nH]c(-c3cnc(C)s3)nc2n1. The van der Waals surface area contributed by atoms with Crippen LogP contribution in [0.2, 0.25) is 0 Å². The van der Waals surface area contributed by atoms with Crippen molar-refractivity contribution in [2.45, 2.75) is 13.8 Å². The Balaban J connectivity index is 2.05. The molecule has 18 heavy (non-hydrogen) atoms. The van der Waals surface area contributed by atoms with Crippen LogP contribution in [0.5, 0.6) is 5.88 Å². The molecule has 0 saturated heterocycles. The van der Waals surface area contributed by atoms with Crippen molar-refractivity contribution in [2.75, 3.05) is 6.61 Å². The molecule has 0 aromatic carbocycles. The minimum absolute atomic E-state index is 0.600. The van der Waals surface area contributed by atoms with Gasteiger partial charge in [-0.2, -0.15) is 4.98 Å². The Labute approximate surface area is 108 Å². The van der Waals surface area contributed by atoms with Crippen LogP contribution in [0, 0.1) is 6.92 Å². The number of aryl methyl sites for hydroxylation is 1. The van der Waals surface area contributed by atoms with Crippen LogP contribution in [0.25, 0.3) is 21.9 Å². The first kappa shape index (κ1) is 11.2. The van der Waals surface area contributed by atoms with Gasteiger partial charge in [0.15, 0.2) is 11.5 Å². The Kier molecular flexibility index (Phi) is 2.71. The molecule has 6 heteroatoms. The third-order valence-corrected chi connectivity index (χ3v) is 3.39. The summed E-state index contributed by atoms with van der Waals surface area (Å²) >= 11 is 1.61. The van der Waals surface area contributed by atoms with Gasteiger partial charge in [-0.3, -0.25) is 0 Å². The normalized spacial score (nSPS) is 11.0. The first-order valence-corrected chi connectivity index (χ1v) is 6.50. The molecule has 0 amide bonds. The second-order valence-electron chi connectivity index (χ2n) is 3.78. The minimum Gasteiger partial charge on any atom is -0.478 e. The molecule has 0 aliphatic carbocycles. The van der Waals surface area contributed by atoms with Crippen molar-refractivity contribution in [2.24, 2.45) is 0 Å². The molecule has 0 bridgehead atoms. The second kappa shape index (κ2) is 4.38. The molecular weight excluding hydrogens is 248 g/mol. The summed E-state index contributed by atoms with van der Waals surface area (Å²) < 4.78 is 5.36. The van der Waals surface area contributed by atoms with E-state index >= 15 is 0 Å². The standard InChI is InChI=1S/C12H12N4OS/c1-3-17-10-5-4-8-11(15-10)16-12(14-8)9-6-13-7(2)18-9/h4-6H,3H2,1-2H3,(H,14,15,16). The Morgan fingerprint density at radius 3 is 2.94 bits per heavy atom. The number of aromatic amines is 1. The van der Waals surface area contributed by atoms with Gasteiger partial charge in [0.25, 0.3) is 0 Å². The average Bonchev–Trinajstić information content (AvgIpc) is 2.94. The smallest absolute Gasteiger partial charge is 0.215 e. The lowest BCUT2D eigenvalue weighted by molar-refractivity contribution is 0.328. The Morgan fingerprint density at radius 2 is 2.22 bits per heavy atom. The first-order chi connectivity index (χ1) is 8.76. The molecule has 0 saturated carbocycles. The van der Waals surface area contributed by atoms with E-state index in [1.165, 1.54) is 0 Å². The summed E-state index contributed by atoms with van der Waals surface area (Å²) in [5.74, 6) is 1.40. The lowest BCUT2D eigenvalue weighted by atomic mass is 10.4. The highest BCUT2D eigenvalue weighted by atomic mass is 32.1. The van der Waals surface area contributed by atoms with E-state index in [0.717, 1.165) is 21.2 Å². The molecule has 0 fully saturated rings. The average molecular weight is 260 g/mol. The van der Waals surface area contributed by atoms with Crippen LogP contribution < -0.4 is 4.74 Å². The van der Waals surface area contributed by atoms with E-state index < -0.39 is 0 Å². The van der Waals surface area contributed by atoms with Gasteiger partial charge in [0.2, 0.25) is 5.88 Å². The van der Waals surface area contributed by atoms with Gasteiger partial charge in [0.05, 0.1) is 22.0 Å². The largest absolute Gasteiger partial charge is 0.478 e. The van der Waals surface area contributed by atoms with Crippen molar-refractivity contribution in [3.63, 3.8) is 0 Å². The molecule has 3 rings (SSSR count). The molecule has 3 aromatic heterocycles. The molecule has 1 N–H and O–H groups in total. The van der Waals surface area contributed by atoms with Crippen molar-refractivity contribution < 1.29 is 4.74 Å². The second-order valence-corrected chi connectivity index (χ2v) is 5.02. The number of ether oxygens (including phenoxy) is 1. The Bertz CT molecular complexity index is 688. The van der Waals surface area contributed by atoms with Crippen LogP contribution >= 0.6 is 11.3 Å². The summed E-state index contributed by atoms with van der Waals surface area (Å²) in [4.78, 5) is 17.3. The molecule has 92 valence electrons. The molecule has 0 aliphatic rings. The van der Waals surface area contributed by atoms with Gasteiger partial charge < -0.3 is 9.72 Å². The van der Waals surface area contributed by atoms with E-state index in [0.29, 0.717) is 18.1 Å². The van der Waals surface area contributed by atoms with Crippen LogP contribution in [-0.2, 0) is 0 Å². The van der Waals surface area contributed by atoms with E-state index in [1.54, 1.807) is 11.3 Å². The fraction of sp³-hybridized carbons (Fsp3) is 0.250. The van der Waals surface area contributed by atoms with Gasteiger partial charge in [-0.05, 0) is 19.9 Å². The van der Waals surface area contributed by atoms with Gasteiger partial charge >= 0.3 is 0 Å². The highest BCUT2D eigenvalue weighted by Crippen LogP contribution is 2.25. The zero-order valence-electron chi connectivity index (χ0n) is 10.1. The maximum absolute atomic E-state index is 5.36. The predicted molar refractivity (Wildman–Crippen MR) is 70.9 cm³/mol. The van der Waals surface area contributed by atoms with Crippen molar-refractivity contribution in [1.82, 2.24) is 19.9 Å². The van der Waals surface area contributed by atoms with Crippen LogP contribution in [0.15, 0.2) is 18.3 Å². The zero-order valence-corrected chi connectivity index (χ0v) is 10.9. The number of hydrogen-bond acceptors (Lipinski definition) is 5. The van der Waals surface area contributed by atoms with E-state index in [1.807, 2.05) is 32.2 Å². The summed E-state index contributed by atoms with van der Waals surface area (Å²) in [5.41, 5.74) is 1.57. The Morgan fingerprint density at radius 1 is 1.33 bits per heavy atom. The summed E-state index contributed by atoms with van der Waals surface area (Å²) in [6.45, 7) is 4.51. The lowest BCUT2D eigenvalue weighted by Crippen LogP contribution is -1.93. The number of aromatic nitrogens is 4. The van der Waals surface area contributed by atoms with Gasteiger partial charge in [-0.15, -0.1) is 11.3 Å². The van der Waals surface area contributed by atoms with E-state index in [-0.39, 0.29) is 0 Å². The summed E-state index contributed by atoms with van der Waals surface area (Å²) in [6.07, 6.45) is 1.82. The number of rotatable bonds is 3. The molecule has 0 atom stereocenters. The number of nitrogens with one attached hydrogen (secondary N) is 1. The quantitative estimate of drug-likeness (QED) is 0.786. The number of thiazole rings is 1. The number of hydrogen-bond donors (Lipinski definition) is 1. The number of nitrogens with zero attached hydrogens (tertiary/aromatic N) is 3. The van der Waals surface area contributed by atoms with Crippen molar-refractivity contribution >= 4 is 22.5 Å². The third-order valence-electron chi connectivity index (χ3n) is 2.47. The van der Waals surface area contributed by atoms with Crippen LogP contribution in [0.4, 0.5) is 0 Å². The minimum atomic E-state index is 0.600. The van der Waals surface area contributed by atoms with Gasteiger partial charge in [-0.25, -0.2) is 9.97 Å². The van der Waals surface area contributed by atoms with E-state index in [4.69, 9.17) is 4.74 Å².